The lowest BCUT2D eigenvalue weighted by Gasteiger charge is -1.90. The van der Waals surface area contributed by atoms with Gasteiger partial charge in [0, 0.05) is 0 Å². The van der Waals surface area contributed by atoms with Crippen LogP contribution in [0, 0.1) is 23.7 Å². The minimum Gasteiger partial charge on any atom is -0.330 e. The van der Waals surface area contributed by atoms with Gasteiger partial charge in [-0.1, -0.05) is 6.92 Å². The molecule has 0 radical (unpaired) electrons. The van der Waals surface area contributed by atoms with Crippen LogP contribution in [0.3, 0.4) is 0 Å². The summed E-state index contributed by atoms with van der Waals surface area (Å²) in [6, 6.07) is 0. The first-order valence-corrected chi connectivity index (χ1v) is 4.03. The zero-order valence-corrected chi connectivity index (χ0v) is 6.01. The van der Waals surface area contributed by atoms with Crippen molar-refractivity contribution in [2.45, 2.75) is 19.8 Å². The molecule has 0 aliphatic heterocycles. The molecule has 2 rings (SSSR count). The summed E-state index contributed by atoms with van der Waals surface area (Å²) in [5.74, 6) is 4.08. The lowest BCUT2D eigenvalue weighted by molar-refractivity contribution is 0.597. The molecule has 2 aliphatic carbocycles. The summed E-state index contributed by atoms with van der Waals surface area (Å²) in [5.41, 5.74) is 5.54. The molecule has 1 nitrogen and oxygen atoms in total. The molecule has 0 aromatic carbocycles. The first kappa shape index (κ1) is 5.72. The lowest BCUT2D eigenvalue weighted by atomic mass is 10.2. The highest BCUT2D eigenvalue weighted by molar-refractivity contribution is 5.00. The molecule has 4 atom stereocenters. The van der Waals surface area contributed by atoms with E-state index in [9.17, 15) is 0 Å². The number of nitrogens with two attached hydrogens (primary N) is 1. The molecule has 0 unspecified atom stereocenters. The molecule has 0 saturated heterocycles. The minimum atomic E-state index is 0.917. The first-order valence-electron chi connectivity index (χ1n) is 4.03. The number of rotatable bonds is 2. The Labute approximate surface area is 56.6 Å². The number of hydrogen-bond acceptors (Lipinski definition) is 1. The van der Waals surface area contributed by atoms with Crippen molar-refractivity contribution in [1.82, 2.24) is 0 Å². The predicted molar refractivity (Wildman–Crippen MR) is 37.9 cm³/mol. The van der Waals surface area contributed by atoms with Crippen LogP contribution in [0.4, 0.5) is 0 Å². The molecule has 0 bridgehead atoms. The fourth-order valence-electron chi connectivity index (χ4n) is 2.01. The van der Waals surface area contributed by atoms with Crippen LogP contribution in [0.2, 0.25) is 0 Å². The molecule has 2 aliphatic rings. The molecule has 2 saturated carbocycles. The Kier molecular flexibility index (Phi) is 1.10. The van der Waals surface area contributed by atoms with Gasteiger partial charge >= 0.3 is 0 Å². The summed E-state index contributed by atoms with van der Waals surface area (Å²) in [6.07, 6.45) is 2.92. The van der Waals surface area contributed by atoms with Crippen molar-refractivity contribution >= 4 is 0 Å². The maximum absolute atomic E-state index is 5.54. The molecule has 52 valence electrons. The lowest BCUT2D eigenvalue weighted by Crippen LogP contribution is -2.03. The second-order valence-corrected chi connectivity index (χ2v) is 3.77. The van der Waals surface area contributed by atoms with Crippen LogP contribution in [0.5, 0.6) is 0 Å². The molecule has 2 fully saturated rings. The molecule has 9 heavy (non-hydrogen) atoms. The van der Waals surface area contributed by atoms with E-state index in [2.05, 4.69) is 6.92 Å². The second-order valence-electron chi connectivity index (χ2n) is 3.77. The van der Waals surface area contributed by atoms with E-state index in [1.807, 2.05) is 0 Å². The molecular weight excluding hydrogens is 110 g/mol. The van der Waals surface area contributed by atoms with Crippen molar-refractivity contribution in [3.05, 3.63) is 0 Å². The van der Waals surface area contributed by atoms with Gasteiger partial charge in [0.15, 0.2) is 0 Å². The van der Waals surface area contributed by atoms with Gasteiger partial charge in [0.05, 0.1) is 0 Å². The molecule has 0 spiro atoms. The van der Waals surface area contributed by atoms with Crippen molar-refractivity contribution in [3.8, 4) is 0 Å². The topological polar surface area (TPSA) is 26.0 Å². The van der Waals surface area contributed by atoms with Crippen LogP contribution in [-0.2, 0) is 0 Å². The Balaban J connectivity index is 1.79. The number of hydrogen-bond donors (Lipinski definition) is 1. The molecule has 0 aromatic rings. The van der Waals surface area contributed by atoms with Crippen molar-refractivity contribution in [3.63, 3.8) is 0 Å². The normalized spacial score (nSPS) is 55.3. The summed E-state index contributed by atoms with van der Waals surface area (Å²) in [4.78, 5) is 0. The highest BCUT2D eigenvalue weighted by atomic mass is 14.6. The van der Waals surface area contributed by atoms with E-state index in [-0.39, 0.29) is 0 Å². The fraction of sp³-hybridized carbons (Fsp3) is 1.00. The smallest absolute Gasteiger partial charge is 0.00460 e. The highest BCUT2D eigenvalue weighted by Gasteiger charge is 2.50. The van der Waals surface area contributed by atoms with Gasteiger partial charge in [0.25, 0.3) is 0 Å². The van der Waals surface area contributed by atoms with Crippen LogP contribution < -0.4 is 5.73 Å². The van der Waals surface area contributed by atoms with Gasteiger partial charge in [0.1, 0.15) is 0 Å². The first-order chi connectivity index (χ1) is 4.33. The van der Waals surface area contributed by atoms with E-state index in [4.69, 9.17) is 5.73 Å². The zero-order valence-electron chi connectivity index (χ0n) is 6.01. The van der Waals surface area contributed by atoms with Crippen LogP contribution >= 0.6 is 0 Å². The monoisotopic (exact) mass is 125 g/mol. The maximum atomic E-state index is 5.54. The van der Waals surface area contributed by atoms with Crippen LogP contribution in [0.1, 0.15) is 19.8 Å². The Bertz CT molecular complexity index is 122. The van der Waals surface area contributed by atoms with E-state index < -0.39 is 0 Å². The van der Waals surface area contributed by atoms with Gasteiger partial charge in [-0.3, -0.25) is 0 Å². The van der Waals surface area contributed by atoms with Gasteiger partial charge in [-0.05, 0) is 43.1 Å². The van der Waals surface area contributed by atoms with Gasteiger partial charge in [0.2, 0.25) is 0 Å². The Morgan fingerprint density at radius 2 is 2.00 bits per heavy atom. The van der Waals surface area contributed by atoms with E-state index >= 15 is 0 Å². The van der Waals surface area contributed by atoms with Gasteiger partial charge < -0.3 is 5.73 Å². The van der Waals surface area contributed by atoms with Gasteiger partial charge in [-0.2, -0.15) is 0 Å². The van der Waals surface area contributed by atoms with E-state index in [0.717, 1.165) is 30.2 Å². The molecular formula is C8H15N. The van der Waals surface area contributed by atoms with Crippen LogP contribution in [0.25, 0.3) is 0 Å². The van der Waals surface area contributed by atoms with Crippen LogP contribution in [-0.4, -0.2) is 6.54 Å². The van der Waals surface area contributed by atoms with Crippen molar-refractivity contribution < 1.29 is 0 Å². The largest absolute Gasteiger partial charge is 0.330 e. The molecule has 0 amide bonds. The van der Waals surface area contributed by atoms with Crippen molar-refractivity contribution in [2.24, 2.45) is 29.4 Å². The molecule has 1 heteroatoms. The van der Waals surface area contributed by atoms with E-state index in [0.29, 0.717) is 0 Å². The summed E-state index contributed by atoms with van der Waals surface area (Å²) >= 11 is 0. The standard InChI is InChI=1S/C8H15N/c1-5-2-7(5)8-3-6(8)4-9/h5-8H,2-4,9H2,1H3/t5-,6+,7+,8+/m1/s1. The predicted octanol–water partition coefficient (Wildman–Crippen LogP) is 1.24. The summed E-state index contributed by atoms with van der Waals surface area (Å²) in [5, 5.41) is 0. The third kappa shape index (κ3) is 0.877. The Morgan fingerprint density at radius 3 is 2.33 bits per heavy atom. The summed E-state index contributed by atoms with van der Waals surface area (Å²) in [6.45, 7) is 3.30. The van der Waals surface area contributed by atoms with E-state index in [1.54, 1.807) is 0 Å². The summed E-state index contributed by atoms with van der Waals surface area (Å²) < 4.78 is 0. The fourth-order valence-corrected chi connectivity index (χ4v) is 2.01. The van der Waals surface area contributed by atoms with Crippen LogP contribution in [0.15, 0.2) is 0 Å². The Morgan fingerprint density at radius 1 is 1.33 bits per heavy atom. The molecule has 0 heterocycles. The van der Waals surface area contributed by atoms with E-state index in [1.165, 1.54) is 12.8 Å². The average Bonchev–Trinajstić information content (AvgIpc) is 2.61. The quantitative estimate of drug-likeness (QED) is 0.590. The zero-order chi connectivity index (χ0) is 6.43. The second kappa shape index (κ2) is 1.72. The molecule has 0 aromatic heterocycles. The Hall–Kier alpha value is -0.0400. The minimum absolute atomic E-state index is 0.917. The average molecular weight is 125 g/mol. The van der Waals surface area contributed by atoms with Gasteiger partial charge in [-0.15, -0.1) is 0 Å². The third-order valence-corrected chi connectivity index (χ3v) is 3.00. The molecule has 2 N–H and O–H groups in total. The van der Waals surface area contributed by atoms with Gasteiger partial charge in [-0.25, -0.2) is 0 Å². The maximum Gasteiger partial charge on any atom is -0.00460 e. The van der Waals surface area contributed by atoms with Crippen molar-refractivity contribution in [2.75, 3.05) is 6.54 Å². The highest BCUT2D eigenvalue weighted by Crippen LogP contribution is 2.57. The third-order valence-electron chi connectivity index (χ3n) is 3.00. The summed E-state index contributed by atoms with van der Waals surface area (Å²) in [7, 11) is 0. The van der Waals surface area contributed by atoms with Crippen molar-refractivity contribution in [1.29, 1.82) is 0 Å². The SMILES string of the molecule is C[C@@H]1C[C@@H]1[C@H]1C[C@H]1CN.